The van der Waals surface area contributed by atoms with Gasteiger partial charge in [-0.3, -0.25) is 0 Å². The maximum Gasteiger partial charge on any atom is 0.125 e. The van der Waals surface area contributed by atoms with Crippen molar-refractivity contribution in [3.05, 3.63) is 65.5 Å². The molecule has 0 heterocycles. The number of nitrogens with two attached hydrogens (primary N) is 1. The summed E-state index contributed by atoms with van der Waals surface area (Å²) >= 11 is 0. The van der Waals surface area contributed by atoms with E-state index >= 15 is 0 Å². The Bertz CT molecular complexity index is 523. The Hall–Kier alpha value is -1.87. The molecular weight excluding hydrogens is 239 g/mol. The number of hydrogen-bond acceptors (Lipinski definition) is 2. The van der Waals surface area contributed by atoms with Gasteiger partial charge < -0.3 is 10.6 Å². The Morgan fingerprint density at radius 2 is 1.74 bits per heavy atom. The number of benzene rings is 2. The predicted octanol–water partition coefficient (Wildman–Crippen LogP) is 2.96. The molecule has 0 aliphatic rings. The zero-order chi connectivity index (χ0) is 13.7. The third kappa shape index (κ3) is 3.80. The van der Waals surface area contributed by atoms with E-state index in [4.69, 9.17) is 5.73 Å². The number of rotatable bonds is 5. The molecule has 0 amide bonds. The summed E-state index contributed by atoms with van der Waals surface area (Å²) in [5.74, 6) is -0.206. The Balaban J connectivity index is 2.04. The van der Waals surface area contributed by atoms with Gasteiger partial charge in [0.1, 0.15) is 5.82 Å². The molecule has 100 valence electrons. The number of halogens is 1. The van der Waals surface area contributed by atoms with Crippen molar-refractivity contribution in [2.75, 3.05) is 18.5 Å². The molecule has 0 unspecified atom stereocenters. The Labute approximate surface area is 113 Å². The van der Waals surface area contributed by atoms with Crippen LogP contribution in [0, 0.1) is 5.82 Å². The van der Waals surface area contributed by atoms with Crippen LogP contribution in [0.1, 0.15) is 11.1 Å². The molecule has 0 atom stereocenters. The van der Waals surface area contributed by atoms with E-state index in [1.807, 2.05) is 18.0 Å². The summed E-state index contributed by atoms with van der Waals surface area (Å²) in [5, 5.41) is 0. The topological polar surface area (TPSA) is 29.3 Å². The molecule has 2 N–H and O–H groups in total. The van der Waals surface area contributed by atoms with Gasteiger partial charge in [-0.1, -0.05) is 30.3 Å². The molecular formula is C16H19FN2. The first-order valence-corrected chi connectivity index (χ1v) is 6.43. The van der Waals surface area contributed by atoms with Crippen LogP contribution in [-0.4, -0.2) is 13.6 Å². The van der Waals surface area contributed by atoms with Crippen molar-refractivity contribution < 1.29 is 4.39 Å². The third-order valence-electron chi connectivity index (χ3n) is 3.12. The SMILES string of the molecule is CN(Cc1ccc(CCN)cc1)c1cccc(F)c1. The molecule has 0 spiro atoms. The fraction of sp³-hybridized carbons (Fsp3) is 0.250. The second-order valence-corrected chi connectivity index (χ2v) is 4.69. The maximum absolute atomic E-state index is 13.2. The lowest BCUT2D eigenvalue weighted by atomic mass is 10.1. The molecule has 0 fully saturated rings. The van der Waals surface area contributed by atoms with Crippen molar-refractivity contribution in [1.29, 1.82) is 0 Å². The molecule has 2 nitrogen and oxygen atoms in total. The third-order valence-corrected chi connectivity index (χ3v) is 3.12. The van der Waals surface area contributed by atoms with Crippen LogP contribution in [0.2, 0.25) is 0 Å². The molecule has 2 aromatic rings. The van der Waals surface area contributed by atoms with Crippen molar-refractivity contribution in [2.45, 2.75) is 13.0 Å². The average Bonchev–Trinajstić information content (AvgIpc) is 2.41. The number of hydrogen-bond donors (Lipinski definition) is 1. The van der Waals surface area contributed by atoms with Crippen molar-refractivity contribution in [3.63, 3.8) is 0 Å². The minimum atomic E-state index is -0.206. The van der Waals surface area contributed by atoms with E-state index in [0.29, 0.717) is 6.54 Å². The number of anilines is 1. The van der Waals surface area contributed by atoms with Crippen LogP contribution in [0.3, 0.4) is 0 Å². The summed E-state index contributed by atoms with van der Waals surface area (Å²) in [4.78, 5) is 2.03. The highest BCUT2D eigenvalue weighted by molar-refractivity contribution is 5.46. The summed E-state index contributed by atoms with van der Waals surface area (Å²) in [7, 11) is 1.96. The van der Waals surface area contributed by atoms with E-state index in [-0.39, 0.29) is 5.82 Å². The van der Waals surface area contributed by atoms with Crippen molar-refractivity contribution in [3.8, 4) is 0 Å². The zero-order valence-corrected chi connectivity index (χ0v) is 11.1. The van der Waals surface area contributed by atoms with Gasteiger partial charge in [-0.15, -0.1) is 0 Å². The zero-order valence-electron chi connectivity index (χ0n) is 11.1. The molecule has 2 rings (SSSR count). The van der Waals surface area contributed by atoms with Gasteiger partial charge in [0.25, 0.3) is 0 Å². The molecule has 0 aliphatic carbocycles. The second-order valence-electron chi connectivity index (χ2n) is 4.69. The van der Waals surface area contributed by atoms with Gasteiger partial charge >= 0.3 is 0 Å². The lowest BCUT2D eigenvalue weighted by molar-refractivity contribution is 0.627. The highest BCUT2D eigenvalue weighted by Gasteiger charge is 2.03. The highest BCUT2D eigenvalue weighted by Crippen LogP contribution is 2.17. The van der Waals surface area contributed by atoms with Gasteiger partial charge in [-0.2, -0.15) is 0 Å². The lowest BCUT2D eigenvalue weighted by Gasteiger charge is -2.19. The molecule has 0 bridgehead atoms. The fourth-order valence-electron chi connectivity index (χ4n) is 2.06. The van der Waals surface area contributed by atoms with E-state index in [2.05, 4.69) is 24.3 Å². The largest absolute Gasteiger partial charge is 0.370 e. The van der Waals surface area contributed by atoms with E-state index in [0.717, 1.165) is 18.7 Å². The smallest absolute Gasteiger partial charge is 0.125 e. The van der Waals surface area contributed by atoms with E-state index in [1.54, 1.807) is 12.1 Å². The first kappa shape index (κ1) is 13.6. The summed E-state index contributed by atoms with van der Waals surface area (Å²) in [6.45, 7) is 1.43. The van der Waals surface area contributed by atoms with Crippen molar-refractivity contribution in [1.82, 2.24) is 0 Å². The first-order valence-electron chi connectivity index (χ1n) is 6.43. The normalized spacial score (nSPS) is 10.5. The van der Waals surface area contributed by atoms with Crippen molar-refractivity contribution in [2.24, 2.45) is 5.73 Å². The molecule has 0 saturated carbocycles. The predicted molar refractivity (Wildman–Crippen MR) is 77.7 cm³/mol. The lowest BCUT2D eigenvalue weighted by Crippen LogP contribution is -2.16. The van der Waals surface area contributed by atoms with Gasteiger partial charge in [0.2, 0.25) is 0 Å². The molecule has 19 heavy (non-hydrogen) atoms. The van der Waals surface area contributed by atoms with Crippen molar-refractivity contribution >= 4 is 5.69 Å². The monoisotopic (exact) mass is 258 g/mol. The van der Waals surface area contributed by atoms with Crippen LogP contribution in [0.5, 0.6) is 0 Å². The summed E-state index contributed by atoms with van der Waals surface area (Å²) in [6, 6.07) is 15.0. The van der Waals surface area contributed by atoms with Gasteiger partial charge in [-0.05, 0) is 42.3 Å². The second kappa shape index (κ2) is 6.34. The van der Waals surface area contributed by atoms with Crippen LogP contribution in [-0.2, 0) is 13.0 Å². The van der Waals surface area contributed by atoms with E-state index < -0.39 is 0 Å². The molecule has 0 aliphatic heterocycles. The summed E-state index contributed by atoms with van der Waals surface area (Å²) in [5.41, 5.74) is 8.86. The van der Waals surface area contributed by atoms with Gasteiger partial charge in [0.05, 0.1) is 0 Å². The van der Waals surface area contributed by atoms with Crippen LogP contribution in [0.4, 0.5) is 10.1 Å². The molecule has 0 saturated heterocycles. The highest BCUT2D eigenvalue weighted by atomic mass is 19.1. The maximum atomic E-state index is 13.2. The van der Waals surface area contributed by atoms with Gasteiger partial charge in [0, 0.05) is 19.3 Å². The Morgan fingerprint density at radius 1 is 1.05 bits per heavy atom. The molecule has 0 aromatic heterocycles. The standard InChI is InChI=1S/C16H19FN2/c1-19(16-4-2-3-15(17)11-16)12-14-7-5-13(6-8-14)9-10-18/h2-8,11H,9-10,12,18H2,1H3. The summed E-state index contributed by atoms with van der Waals surface area (Å²) < 4.78 is 13.2. The molecule has 2 aromatic carbocycles. The molecule has 0 radical (unpaired) electrons. The quantitative estimate of drug-likeness (QED) is 0.893. The van der Waals surface area contributed by atoms with Crippen LogP contribution < -0.4 is 10.6 Å². The van der Waals surface area contributed by atoms with Gasteiger partial charge in [0.15, 0.2) is 0 Å². The van der Waals surface area contributed by atoms with Crippen LogP contribution in [0.25, 0.3) is 0 Å². The molecule has 3 heteroatoms. The van der Waals surface area contributed by atoms with Crippen LogP contribution >= 0.6 is 0 Å². The Morgan fingerprint density at radius 3 is 2.37 bits per heavy atom. The average molecular weight is 258 g/mol. The summed E-state index contributed by atoms with van der Waals surface area (Å²) in [6.07, 6.45) is 0.903. The minimum absolute atomic E-state index is 0.206. The number of nitrogens with zero attached hydrogens (tertiary/aromatic N) is 1. The van der Waals surface area contributed by atoms with Gasteiger partial charge in [-0.25, -0.2) is 4.39 Å². The van der Waals surface area contributed by atoms with Crippen LogP contribution in [0.15, 0.2) is 48.5 Å². The first-order chi connectivity index (χ1) is 9.19. The van der Waals surface area contributed by atoms with E-state index in [9.17, 15) is 4.39 Å². The fourth-order valence-corrected chi connectivity index (χ4v) is 2.06. The van der Waals surface area contributed by atoms with E-state index in [1.165, 1.54) is 17.2 Å². The minimum Gasteiger partial charge on any atom is -0.370 e. The Kier molecular flexibility index (Phi) is 4.53.